The van der Waals surface area contributed by atoms with Crippen molar-refractivity contribution < 1.29 is 9.90 Å². The third-order valence-corrected chi connectivity index (χ3v) is 3.54. The van der Waals surface area contributed by atoms with E-state index >= 15 is 0 Å². The molecule has 0 aliphatic rings. The van der Waals surface area contributed by atoms with Gasteiger partial charge in [0.1, 0.15) is 5.01 Å². The molecular weight excluding hydrogens is 230 g/mol. The number of aromatic nitrogens is 1. The minimum absolute atomic E-state index is 0.146. The van der Waals surface area contributed by atoms with Crippen molar-refractivity contribution >= 4 is 28.6 Å². The van der Waals surface area contributed by atoms with Crippen molar-refractivity contribution in [3.05, 3.63) is 27.9 Å². The SMILES string of the molecule is O=C(O)CCc1csc(-c2ccsc2)n1. The molecule has 0 amide bonds. The van der Waals surface area contributed by atoms with Crippen LogP contribution in [0, 0.1) is 0 Å². The van der Waals surface area contributed by atoms with Crippen LogP contribution < -0.4 is 0 Å². The van der Waals surface area contributed by atoms with Crippen LogP contribution in [0.1, 0.15) is 12.1 Å². The minimum atomic E-state index is -0.778. The van der Waals surface area contributed by atoms with Gasteiger partial charge in [-0.3, -0.25) is 4.79 Å². The van der Waals surface area contributed by atoms with Crippen LogP contribution in [0.3, 0.4) is 0 Å². The second kappa shape index (κ2) is 4.55. The van der Waals surface area contributed by atoms with Crippen LogP contribution in [0.4, 0.5) is 0 Å². The number of thiazole rings is 1. The van der Waals surface area contributed by atoms with Gasteiger partial charge in [0.2, 0.25) is 0 Å². The first-order valence-electron chi connectivity index (χ1n) is 4.44. The van der Waals surface area contributed by atoms with Crippen molar-refractivity contribution in [2.24, 2.45) is 0 Å². The number of thiophene rings is 1. The maximum Gasteiger partial charge on any atom is 0.303 e. The molecule has 1 N–H and O–H groups in total. The highest BCUT2D eigenvalue weighted by molar-refractivity contribution is 7.14. The van der Waals surface area contributed by atoms with Gasteiger partial charge in [-0.2, -0.15) is 11.3 Å². The predicted octanol–water partition coefficient (Wildman–Crippen LogP) is 2.89. The summed E-state index contributed by atoms with van der Waals surface area (Å²) in [7, 11) is 0. The Morgan fingerprint density at radius 1 is 1.47 bits per heavy atom. The molecule has 0 atom stereocenters. The average molecular weight is 239 g/mol. The highest BCUT2D eigenvalue weighted by Gasteiger charge is 2.06. The number of carboxylic acid groups (broad SMARTS) is 1. The molecule has 0 unspecified atom stereocenters. The van der Waals surface area contributed by atoms with Gasteiger partial charge in [-0.25, -0.2) is 4.98 Å². The molecule has 0 aromatic carbocycles. The van der Waals surface area contributed by atoms with Gasteiger partial charge in [0.05, 0.1) is 12.1 Å². The van der Waals surface area contributed by atoms with E-state index < -0.39 is 5.97 Å². The van der Waals surface area contributed by atoms with Gasteiger partial charge in [0.25, 0.3) is 0 Å². The second-order valence-corrected chi connectivity index (χ2v) is 4.69. The number of hydrogen-bond acceptors (Lipinski definition) is 4. The number of aryl methyl sites for hydroxylation is 1. The molecular formula is C10H9NO2S2. The van der Waals surface area contributed by atoms with Crippen LogP contribution in [-0.2, 0) is 11.2 Å². The lowest BCUT2D eigenvalue weighted by molar-refractivity contribution is -0.136. The third-order valence-electron chi connectivity index (χ3n) is 1.91. The largest absolute Gasteiger partial charge is 0.481 e. The predicted molar refractivity (Wildman–Crippen MR) is 61.4 cm³/mol. The zero-order valence-corrected chi connectivity index (χ0v) is 9.48. The summed E-state index contributed by atoms with van der Waals surface area (Å²) in [5, 5.41) is 15.5. The van der Waals surface area contributed by atoms with Crippen LogP contribution >= 0.6 is 22.7 Å². The van der Waals surface area contributed by atoms with E-state index in [1.807, 2.05) is 22.2 Å². The summed E-state index contributed by atoms with van der Waals surface area (Å²) in [6.07, 6.45) is 0.656. The number of carboxylic acids is 1. The van der Waals surface area contributed by atoms with Crippen molar-refractivity contribution in [3.8, 4) is 10.6 Å². The summed E-state index contributed by atoms with van der Waals surface area (Å²) in [6, 6.07) is 2.02. The molecule has 0 radical (unpaired) electrons. The van der Waals surface area contributed by atoms with E-state index in [1.165, 1.54) is 0 Å². The number of rotatable bonds is 4. The normalized spacial score (nSPS) is 10.4. The molecule has 0 aliphatic carbocycles. The van der Waals surface area contributed by atoms with E-state index in [4.69, 9.17) is 5.11 Å². The number of hydrogen-bond donors (Lipinski definition) is 1. The molecule has 2 rings (SSSR count). The highest BCUT2D eigenvalue weighted by atomic mass is 32.1. The summed E-state index contributed by atoms with van der Waals surface area (Å²) in [4.78, 5) is 14.8. The fourth-order valence-corrected chi connectivity index (χ4v) is 2.74. The van der Waals surface area contributed by atoms with E-state index in [9.17, 15) is 4.79 Å². The zero-order valence-electron chi connectivity index (χ0n) is 7.84. The summed E-state index contributed by atoms with van der Waals surface area (Å²) in [5.41, 5.74) is 1.98. The molecule has 78 valence electrons. The van der Waals surface area contributed by atoms with Crippen LogP contribution in [-0.4, -0.2) is 16.1 Å². The standard InChI is InChI=1S/C10H9NO2S2/c12-9(13)2-1-8-6-15-10(11-8)7-3-4-14-5-7/h3-6H,1-2H2,(H,12,13). The van der Waals surface area contributed by atoms with E-state index in [0.29, 0.717) is 6.42 Å². The lowest BCUT2D eigenvalue weighted by Gasteiger charge is -1.91. The monoisotopic (exact) mass is 239 g/mol. The Balaban J connectivity index is 2.08. The van der Waals surface area contributed by atoms with Gasteiger partial charge in [0, 0.05) is 22.7 Å². The molecule has 0 saturated heterocycles. The number of carbonyl (C=O) groups is 1. The Morgan fingerprint density at radius 3 is 3.00 bits per heavy atom. The van der Waals surface area contributed by atoms with Crippen LogP contribution in [0.5, 0.6) is 0 Å². The summed E-state index contributed by atoms with van der Waals surface area (Å²) in [5.74, 6) is -0.778. The molecule has 0 saturated carbocycles. The van der Waals surface area contributed by atoms with Crippen LogP contribution in [0.2, 0.25) is 0 Å². The third kappa shape index (κ3) is 2.64. The molecule has 0 spiro atoms. The lowest BCUT2D eigenvalue weighted by atomic mass is 10.2. The fraction of sp³-hybridized carbons (Fsp3) is 0.200. The number of aliphatic carboxylic acids is 1. The molecule has 0 fully saturated rings. The highest BCUT2D eigenvalue weighted by Crippen LogP contribution is 2.25. The molecule has 15 heavy (non-hydrogen) atoms. The zero-order chi connectivity index (χ0) is 10.7. The van der Waals surface area contributed by atoms with Gasteiger partial charge in [-0.15, -0.1) is 11.3 Å². The number of nitrogens with zero attached hydrogens (tertiary/aromatic N) is 1. The van der Waals surface area contributed by atoms with Crippen LogP contribution in [0.15, 0.2) is 22.2 Å². The molecule has 3 nitrogen and oxygen atoms in total. The Kier molecular flexibility index (Phi) is 3.13. The van der Waals surface area contributed by atoms with E-state index in [1.54, 1.807) is 22.7 Å². The van der Waals surface area contributed by atoms with Crippen molar-refractivity contribution in [3.63, 3.8) is 0 Å². The Labute approximate surface area is 95.0 Å². The van der Waals surface area contributed by atoms with E-state index in [0.717, 1.165) is 16.3 Å². The fourth-order valence-electron chi connectivity index (χ4n) is 1.18. The van der Waals surface area contributed by atoms with Crippen molar-refractivity contribution in [1.29, 1.82) is 0 Å². The first-order valence-corrected chi connectivity index (χ1v) is 6.27. The van der Waals surface area contributed by atoms with Gasteiger partial charge in [-0.05, 0) is 11.4 Å². The smallest absolute Gasteiger partial charge is 0.303 e. The molecule has 2 heterocycles. The summed E-state index contributed by atoms with van der Waals surface area (Å²) in [6.45, 7) is 0. The van der Waals surface area contributed by atoms with E-state index in [2.05, 4.69) is 4.98 Å². The van der Waals surface area contributed by atoms with Gasteiger partial charge in [0.15, 0.2) is 0 Å². The minimum Gasteiger partial charge on any atom is -0.481 e. The van der Waals surface area contributed by atoms with E-state index in [-0.39, 0.29) is 6.42 Å². The summed E-state index contributed by atoms with van der Waals surface area (Å²) >= 11 is 3.20. The van der Waals surface area contributed by atoms with Gasteiger partial charge in [-0.1, -0.05) is 0 Å². The topological polar surface area (TPSA) is 50.2 Å². The molecule has 2 aromatic rings. The first kappa shape index (κ1) is 10.3. The Morgan fingerprint density at radius 2 is 2.33 bits per heavy atom. The maximum absolute atomic E-state index is 10.4. The summed E-state index contributed by atoms with van der Waals surface area (Å²) < 4.78 is 0. The molecule has 0 bridgehead atoms. The van der Waals surface area contributed by atoms with Crippen molar-refractivity contribution in [1.82, 2.24) is 4.98 Å². The maximum atomic E-state index is 10.4. The van der Waals surface area contributed by atoms with Gasteiger partial charge >= 0.3 is 5.97 Å². The lowest BCUT2D eigenvalue weighted by Crippen LogP contribution is -1.97. The average Bonchev–Trinajstić information content (AvgIpc) is 2.85. The van der Waals surface area contributed by atoms with Crippen molar-refractivity contribution in [2.75, 3.05) is 0 Å². The van der Waals surface area contributed by atoms with Gasteiger partial charge < -0.3 is 5.11 Å². The Hall–Kier alpha value is -1.20. The molecule has 0 aliphatic heterocycles. The van der Waals surface area contributed by atoms with Crippen LogP contribution in [0.25, 0.3) is 10.6 Å². The first-order chi connectivity index (χ1) is 7.25. The Bertz CT molecular complexity index is 448. The molecule has 5 heteroatoms. The quantitative estimate of drug-likeness (QED) is 0.892. The second-order valence-electron chi connectivity index (χ2n) is 3.05. The molecule has 2 aromatic heterocycles. The van der Waals surface area contributed by atoms with Crippen molar-refractivity contribution in [2.45, 2.75) is 12.8 Å².